The van der Waals surface area contributed by atoms with Crippen LogP contribution in [0.15, 0.2) is 12.4 Å². The lowest BCUT2D eigenvalue weighted by atomic mass is 10.1. The minimum absolute atomic E-state index is 0.234. The first kappa shape index (κ1) is 13.6. The number of hydrogen-bond acceptors (Lipinski definition) is 4. The number of carboxylic acid groups (broad SMARTS) is 1. The molecule has 0 spiro atoms. The molecule has 8 heteroatoms. The van der Waals surface area contributed by atoms with Gasteiger partial charge in [0.15, 0.2) is 0 Å². The molecule has 3 rings (SSSR count). The fourth-order valence-electron chi connectivity index (χ4n) is 3.13. The Kier molecular flexibility index (Phi) is 3.29. The van der Waals surface area contributed by atoms with Crippen molar-refractivity contribution >= 4 is 16.0 Å². The smallest absolute Gasteiger partial charge is 0.307 e. The standard InChI is InChI=1S/C12H17N3O4S/c16-12(17)9-2-1-3-10(9)20(18,19)15-7-6-14-5-4-13-11(14)8-15/h4-5,9-10H,1-3,6-8H2,(H,16,17). The molecule has 110 valence electrons. The summed E-state index contributed by atoms with van der Waals surface area (Å²) in [5, 5.41) is 8.38. The van der Waals surface area contributed by atoms with Crippen LogP contribution in [0.25, 0.3) is 0 Å². The molecule has 1 saturated carbocycles. The molecule has 1 fully saturated rings. The van der Waals surface area contributed by atoms with Crippen LogP contribution in [0.3, 0.4) is 0 Å². The largest absolute Gasteiger partial charge is 0.481 e. The zero-order chi connectivity index (χ0) is 14.3. The molecule has 2 unspecified atom stereocenters. The van der Waals surface area contributed by atoms with Gasteiger partial charge in [0.05, 0.1) is 17.7 Å². The Balaban J connectivity index is 1.84. The van der Waals surface area contributed by atoms with Gasteiger partial charge in [-0.15, -0.1) is 0 Å². The quantitative estimate of drug-likeness (QED) is 0.865. The van der Waals surface area contributed by atoms with Crippen LogP contribution in [0.1, 0.15) is 25.1 Å². The van der Waals surface area contributed by atoms with Gasteiger partial charge in [0.25, 0.3) is 0 Å². The van der Waals surface area contributed by atoms with E-state index >= 15 is 0 Å². The molecule has 1 N–H and O–H groups in total. The van der Waals surface area contributed by atoms with Crippen molar-refractivity contribution < 1.29 is 18.3 Å². The molecule has 0 bridgehead atoms. The number of aromatic nitrogens is 2. The minimum Gasteiger partial charge on any atom is -0.481 e. The van der Waals surface area contributed by atoms with Gasteiger partial charge in [-0.1, -0.05) is 6.42 Å². The summed E-state index contributed by atoms with van der Waals surface area (Å²) in [4.78, 5) is 15.3. The van der Waals surface area contributed by atoms with Crippen LogP contribution >= 0.6 is 0 Å². The number of rotatable bonds is 3. The summed E-state index contributed by atoms with van der Waals surface area (Å²) in [6.07, 6.45) is 5.02. The lowest BCUT2D eigenvalue weighted by molar-refractivity contribution is -0.141. The zero-order valence-electron chi connectivity index (χ0n) is 11.0. The average molecular weight is 299 g/mol. The van der Waals surface area contributed by atoms with Crippen LogP contribution in [0.4, 0.5) is 0 Å². The van der Waals surface area contributed by atoms with E-state index in [1.165, 1.54) is 4.31 Å². The fraction of sp³-hybridized carbons (Fsp3) is 0.667. The van der Waals surface area contributed by atoms with Crippen molar-refractivity contribution in [3.63, 3.8) is 0 Å². The highest BCUT2D eigenvalue weighted by Crippen LogP contribution is 2.34. The summed E-state index contributed by atoms with van der Waals surface area (Å²) in [6.45, 7) is 1.19. The second-order valence-electron chi connectivity index (χ2n) is 5.33. The molecule has 0 radical (unpaired) electrons. The predicted octanol–water partition coefficient (Wildman–Crippen LogP) is 0.282. The third kappa shape index (κ3) is 2.12. The lowest BCUT2D eigenvalue weighted by Gasteiger charge is -2.30. The molecular formula is C12H17N3O4S. The molecule has 1 aromatic heterocycles. The van der Waals surface area contributed by atoms with E-state index in [2.05, 4.69) is 4.98 Å². The molecule has 7 nitrogen and oxygen atoms in total. The van der Waals surface area contributed by atoms with E-state index in [4.69, 9.17) is 0 Å². The van der Waals surface area contributed by atoms with E-state index < -0.39 is 27.2 Å². The Morgan fingerprint density at radius 2 is 2.15 bits per heavy atom. The van der Waals surface area contributed by atoms with Gasteiger partial charge < -0.3 is 9.67 Å². The molecule has 0 aromatic carbocycles. The van der Waals surface area contributed by atoms with E-state index in [1.807, 2.05) is 10.8 Å². The van der Waals surface area contributed by atoms with E-state index in [9.17, 15) is 18.3 Å². The number of nitrogens with zero attached hydrogens (tertiary/aromatic N) is 3. The van der Waals surface area contributed by atoms with Crippen molar-refractivity contribution in [2.75, 3.05) is 6.54 Å². The maximum atomic E-state index is 12.7. The first-order valence-corrected chi connectivity index (χ1v) is 8.22. The van der Waals surface area contributed by atoms with Gasteiger partial charge in [-0.3, -0.25) is 4.79 Å². The third-order valence-corrected chi connectivity index (χ3v) is 6.58. The maximum absolute atomic E-state index is 12.7. The third-order valence-electron chi connectivity index (χ3n) is 4.22. The van der Waals surface area contributed by atoms with Crippen molar-refractivity contribution in [3.8, 4) is 0 Å². The van der Waals surface area contributed by atoms with Crippen molar-refractivity contribution in [3.05, 3.63) is 18.2 Å². The summed E-state index contributed by atoms with van der Waals surface area (Å²) in [6, 6.07) is 0. The summed E-state index contributed by atoms with van der Waals surface area (Å²) in [5.74, 6) is -1.07. The van der Waals surface area contributed by atoms with E-state index in [0.717, 1.165) is 0 Å². The van der Waals surface area contributed by atoms with E-state index in [1.54, 1.807) is 6.20 Å². The highest BCUT2D eigenvalue weighted by atomic mass is 32.2. The van der Waals surface area contributed by atoms with E-state index in [0.29, 0.717) is 38.2 Å². The number of fused-ring (bicyclic) bond motifs is 1. The van der Waals surface area contributed by atoms with Crippen LogP contribution in [-0.4, -0.2) is 45.1 Å². The molecular weight excluding hydrogens is 282 g/mol. The molecule has 1 aliphatic heterocycles. The number of sulfonamides is 1. The van der Waals surface area contributed by atoms with Gasteiger partial charge in [-0.2, -0.15) is 4.31 Å². The van der Waals surface area contributed by atoms with Gasteiger partial charge in [0.2, 0.25) is 10.0 Å². The van der Waals surface area contributed by atoms with Crippen molar-refractivity contribution in [1.29, 1.82) is 0 Å². The Bertz CT molecular complexity index is 624. The van der Waals surface area contributed by atoms with Crippen LogP contribution in [-0.2, 0) is 27.9 Å². The lowest BCUT2D eigenvalue weighted by Crippen LogP contribution is -2.45. The normalized spacial score (nSPS) is 27.4. The summed E-state index contributed by atoms with van der Waals surface area (Å²) in [7, 11) is -3.58. The molecule has 1 aromatic rings. The molecule has 2 aliphatic rings. The number of aliphatic carboxylic acids is 1. The number of carbonyl (C=O) groups is 1. The number of imidazole rings is 1. The number of hydrogen-bond donors (Lipinski definition) is 1. The van der Waals surface area contributed by atoms with Gasteiger partial charge in [0.1, 0.15) is 5.82 Å². The first-order chi connectivity index (χ1) is 9.50. The second kappa shape index (κ2) is 4.85. The van der Waals surface area contributed by atoms with Crippen LogP contribution in [0, 0.1) is 5.92 Å². The van der Waals surface area contributed by atoms with Crippen LogP contribution < -0.4 is 0 Å². The van der Waals surface area contributed by atoms with Crippen LogP contribution in [0.5, 0.6) is 0 Å². The second-order valence-corrected chi connectivity index (χ2v) is 7.48. The summed E-state index contributed by atoms with van der Waals surface area (Å²) < 4.78 is 28.6. The van der Waals surface area contributed by atoms with Crippen molar-refractivity contribution in [2.45, 2.75) is 37.6 Å². The highest BCUT2D eigenvalue weighted by Gasteiger charge is 2.44. The van der Waals surface area contributed by atoms with Gasteiger partial charge in [0, 0.05) is 25.5 Å². The SMILES string of the molecule is O=C(O)C1CCCC1S(=O)(=O)N1CCn2ccnc2C1. The monoisotopic (exact) mass is 299 g/mol. The molecule has 2 atom stereocenters. The topological polar surface area (TPSA) is 92.5 Å². The maximum Gasteiger partial charge on any atom is 0.307 e. The Labute approximate surface area is 117 Å². The minimum atomic E-state index is -3.58. The van der Waals surface area contributed by atoms with Crippen molar-refractivity contribution in [1.82, 2.24) is 13.9 Å². The Hall–Kier alpha value is -1.41. The van der Waals surface area contributed by atoms with Crippen LogP contribution in [0.2, 0.25) is 0 Å². The Morgan fingerprint density at radius 3 is 2.90 bits per heavy atom. The molecule has 0 saturated heterocycles. The number of carboxylic acids is 1. The molecule has 2 heterocycles. The molecule has 1 aliphatic carbocycles. The highest BCUT2D eigenvalue weighted by molar-refractivity contribution is 7.89. The van der Waals surface area contributed by atoms with Crippen molar-refractivity contribution in [2.24, 2.45) is 5.92 Å². The van der Waals surface area contributed by atoms with Gasteiger partial charge in [-0.05, 0) is 12.8 Å². The first-order valence-electron chi connectivity index (χ1n) is 6.72. The average Bonchev–Trinajstić information content (AvgIpc) is 3.06. The summed E-state index contributed by atoms with van der Waals surface area (Å²) >= 11 is 0. The predicted molar refractivity (Wildman–Crippen MR) is 70.3 cm³/mol. The van der Waals surface area contributed by atoms with Gasteiger partial charge >= 0.3 is 5.97 Å². The molecule has 0 amide bonds. The zero-order valence-corrected chi connectivity index (χ0v) is 11.8. The fourth-order valence-corrected chi connectivity index (χ4v) is 5.27. The molecule has 20 heavy (non-hydrogen) atoms. The van der Waals surface area contributed by atoms with Gasteiger partial charge in [-0.25, -0.2) is 13.4 Å². The van der Waals surface area contributed by atoms with E-state index in [-0.39, 0.29) is 6.54 Å². The summed E-state index contributed by atoms with van der Waals surface area (Å²) in [5.41, 5.74) is 0. The Morgan fingerprint density at radius 1 is 1.35 bits per heavy atom.